The van der Waals surface area contributed by atoms with Gasteiger partial charge in [-0.3, -0.25) is 4.79 Å². The van der Waals surface area contributed by atoms with Gasteiger partial charge in [0.1, 0.15) is 18.5 Å². The highest BCUT2D eigenvalue weighted by atomic mass is 32.2. The summed E-state index contributed by atoms with van der Waals surface area (Å²) in [4.78, 5) is 15.4. The molecular formula is C28H31NO6S. The van der Waals surface area contributed by atoms with Crippen LogP contribution in [0.15, 0.2) is 54.6 Å². The van der Waals surface area contributed by atoms with Gasteiger partial charge in [-0.2, -0.15) is 0 Å². The van der Waals surface area contributed by atoms with Gasteiger partial charge >= 0.3 is 5.97 Å². The van der Waals surface area contributed by atoms with Gasteiger partial charge in [0.15, 0.2) is 9.84 Å². The minimum absolute atomic E-state index is 0.0840. The first-order valence-electron chi connectivity index (χ1n) is 12.1. The summed E-state index contributed by atoms with van der Waals surface area (Å²) >= 11 is 0. The summed E-state index contributed by atoms with van der Waals surface area (Å²) in [5.41, 5.74) is 5.83. The van der Waals surface area contributed by atoms with Crippen molar-refractivity contribution in [2.45, 2.75) is 52.2 Å². The lowest BCUT2D eigenvalue weighted by Crippen LogP contribution is -2.30. The van der Waals surface area contributed by atoms with E-state index >= 15 is 0 Å². The zero-order valence-electron chi connectivity index (χ0n) is 20.6. The van der Waals surface area contributed by atoms with Crippen LogP contribution < -0.4 is 9.47 Å². The molecule has 8 heteroatoms. The van der Waals surface area contributed by atoms with Crippen LogP contribution >= 0.6 is 0 Å². The molecule has 1 aliphatic rings. The third kappa shape index (κ3) is 6.85. The zero-order chi connectivity index (χ0) is 25.7. The minimum Gasteiger partial charge on any atom is -0.490 e. The maximum absolute atomic E-state index is 11.7. The molecule has 3 aromatic rings. The van der Waals surface area contributed by atoms with Crippen molar-refractivity contribution in [1.82, 2.24) is 4.98 Å². The molecule has 1 aliphatic heterocycles. The predicted molar refractivity (Wildman–Crippen MR) is 138 cm³/mol. The molecule has 0 saturated carbocycles. The Kier molecular flexibility index (Phi) is 7.94. The lowest BCUT2D eigenvalue weighted by molar-refractivity contribution is -0.136. The number of hydrogen-bond acceptors (Lipinski definition) is 6. The summed E-state index contributed by atoms with van der Waals surface area (Å²) in [5.74, 6) is 0.823. The van der Waals surface area contributed by atoms with Crippen LogP contribution in [-0.2, 0) is 27.7 Å². The molecule has 190 valence electrons. The van der Waals surface area contributed by atoms with E-state index in [1.165, 1.54) is 0 Å². The number of carboxylic acid groups (broad SMARTS) is 1. The smallest absolute Gasteiger partial charge is 0.303 e. The number of aromatic nitrogens is 1. The number of aryl methyl sites for hydroxylation is 3. The van der Waals surface area contributed by atoms with E-state index in [1.54, 1.807) is 0 Å². The average molecular weight is 510 g/mol. The second-order valence-electron chi connectivity index (χ2n) is 9.26. The minimum atomic E-state index is -2.92. The number of carboxylic acids is 1. The number of hydrogen-bond donors (Lipinski definition) is 1. The highest BCUT2D eigenvalue weighted by molar-refractivity contribution is 7.91. The highest BCUT2D eigenvalue weighted by Gasteiger charge is 2.25. The van der Waals surface area contributed by atoms with Crippen LogP contribution in [-0.4, -0.2) is 42.1 Å². The maximum Gasteiger partial charge on any atom is 0.303 e. The molecule has 0 unspecified atom stereocenters. The Labute approximate surface area is 212 Å². The van der Waals surface area contributed by atoms with Crippen molar-refractivity contribution in [3.05, 3.63) is 76.9 Å². The number of pyridine rings is 1. The summed E-state index contributed by atoms with van der Waals surface area (Å²) in [6.07, 6.45) is 1.58. The van der Waals surface area contributed by atoms with Crippen molar-refractivity contribution >= 4 is 15.8 Å². The van der Waals surface area contributed by atoms with Gasteiger partial charge in [-0.1, -0.05) is 30.3 Å². The third-order valence-electron chi connectivity index (χ3n) is 6.33. The van der Waals surface area contributed by atoms with Gasteiger partial charge in [-0.05, 0) is 73.6 Å². The molecule has 0 radical (unpaired) electrons. The molecule has 2 heterocycles. The summed E-state index contributed by atoms with van der Waals surface area (Å²) < 4.78 is 35.4. The molecule has 1 saturated heterocycles. The fraction of sp³-hybridized carbons (Fsp3) is 0.357. The first-order valence-corrected chi connectivity index (χ1v) is 13.9. The van der Waals surface area contributed by atoms with Crippen molar-refractivity contribution in [3.8, 4) is 22.9 Å². The van der Waals surface area contributed by atoms with Crippen molar-refractivity contribution in [1.29, 1.82) is 0 Å². The highest BCUT2D eigenvalue weighted by Crippen LogP contribution is 2.32. The van der Waals surface area contributed by atoms with E-state index in [2.05, 4.69) is 0 Å². The number of benzene rings is 2. The summed E-state index contributed by atoms with van der Waals surface area (Å²) in [7, 11) is -2.92. The van der Waals surface area contributed by atoms with E-state index in [0.29, 0.717) is 31.7 Å². The Morgan fingerprint density at radius 2 is 1.64 bits per heavy atom. The van der Waals surface area contributed by atoms with Crippen molar-refractivity contribution < 1.29 is 27.8 Å². The number of sulfone groups is 1. The predicted octanol–water partition coefficient (Wildman–Crippen LogP) is 4.92. The molecule has 0 amide bonds. The molecule has 0 aliphatic carbocycles. The Morgan fingerprint density at radius 1 is 1.00 bits per heavy atom. The molecule has 2 aromatic carbocycles. The molecule has 4 rings (SSSR count). The van der Waals surface area contributed by atoms with Gasteiger partial charge in [0, 0.05) is 18.1 Å². The normalized spacial score (nSPS) is 15.4. The molecular weight excluding hydrogens is 478 g/mol. The van der Waals surface area contributed by atoms with Crippen LogP contribution in [0.25, 0.3) is 11.3 Å². The first kappa shape index (κ1) is 25.7. The van der Waals surface area contributed by atoms with Gasteiger partial charge in [-0.25, -0.2) is 13.4 Å². The lowest BCUT2D eigenvalue weighted by atomic mass is 9.99. The van der Waals surface area contributed by atoms with E-state index in [-0.39, 0.29) is 24.0 Å². The Hall–Kier alpha value is -3.39. The van der Waals surface area contributed by atoms with Crippen LogP contribution in [0.2, 0.25) is 0 Å². The zero-order valence-corrected chi connectivity index (χ0v) is 21.4. The number of carbonyl (C=O) groups is 1. The SMILES string of the molecule is Cc1cc(OC2CCS(=O)(=O)CC2)cc(C)c1-c1cccc(OCc2ccc(CCC(=O)O)cc2)n1. The molecule has 0 bridgehead atoms. The second-order valence-corrected chi connectivity index (χ2v) is 11.6. The number of aliphatic carboxylic acids is 1. The first-order chi connectivity index (χ1) is 17.2. The topological polar surface area (TPSA) is 103 Å². The Morgan fingerprint density at radius 3 is 2.28 bits per heavy atom. The van der Waals surface area contributed by atoms with Gasteiger partial charge in [0.05, 0.1) is 17.2 Å². The van der Waals surface area contributed by atoms with E-state index in [4.69, 9.17) is 19.6 Å². The van der Waals surface area contributed by atoms with Crippen LogP contribution in [0.1, 0.15) is 41.5 Å². The molecule has 0 spiro atoms. The molecule has 36 heavy (non-hydrogen) atoms. The summed E-state index contributed by atoms with van der Waals surface area (Å²) in [6, 6.07) is 17.4. The number of nitrogens with zero attached hydrogens (tertiary/aromatic N) is 1. The summed E-state index contributed by atoms with van der Waals surface area (Å²) in [6.45, 7) is 4.39. The Bertz CT molecular complexity index is 1300. The number of ether oxygens (including phenoxy) is 2. The van der Waals surface area contributed by atoms with Crippen LogP contribution in [0, 0.1) is 13.8 Å². The van der Waals surface area contributed by atoms with Crippen molar-refractivity contribution in [2.75, 3.05) is 11.5 Å². The van der Waals surface area contributed by atoms with E-state index in [0.717, 1.165) is 39.3 Å². The molecule has 7 nitrogen and oxygen atoms in total. The Balaban J connectivity index is 1.41. The van der Waals surface area contributed by atoms with Gasteiger partial charge in [0.25, 0.3) is 0 Å². The summed E-state index contributed by atoms with van der Waals surface area (Å²) in [5, 5.41) is 8.82. The molecule has 1 fully saturated rings. The third-order valence-corrected chi connectivity index (χ3v) is 8.04. The lowest BCUT2D eigenvalue weighted by Gasteiger charge is -2.24. The number of rotatable bonds is 9. The van der Waals surface area contributed by atoms with E-state index in [9.17, 15) is 13.2 Å². The monoisotopic (exact) mass is 509 g/mol. The maximum atomic E-state index is 11.7. The fourth-order valence-corrected chi connectivity index (χ4v) is 5.87. The van der Waals surface area contributed by atoms with Gasteiger partial charge < -0.3 is 14.6 Å². The van der Waals surface area contributed by atoms with Crippen LogP contribution in [0.5, 0.6) is 11.6 Å². The van der Waals surface area contributed by atoms with Gasteiger partial charge in [0.2, 0.25) is 5.88 Å². The van der Waals surface area contributed by atoms with Crippen LogP contribution in [0.3, 0.4) is 0 Å². The fourth-order valence-electron chi connectivity index (χ4n) is 4.42. The molecule has 0 atom stereocenters. The molecule has 1 aromatic heterocycles. The van der Waals surface area contributed by atoms with Gasteiger partial charge in [-0.15, -0.1) is 0 Å². The van der Waals surface area contributed by atoms with E-state index < -0.39 is 15.8 Å². The second kappa shape index (κ2) is 11.1. The molecule has 1 N–H and O–H groups in total. The van der Waals surface area contributed by atoms with Crippen molar-refractivity contribution in [2.24, 2.45) is 0 Å². The standard InChI is InChI=1S/C28H31NO6S/c1-19-16-24(35-23-12-14-36(32,33)15-13-23)17-20(2)28(19)25-4-3-5-26(29-25)34-18-22-8-6-21(7-9-22)10-11-27(30)31/h3-9,16-17,23H,10-15,18H2,1-2H3,(H,30,31). The van der Waals surface area contributed by atoms with E-state index in [1.807, 2.05) is 68.4 Å². The average Bonchev–Trinajstić information content (AvgIpc) is 2.83. The quantitative estimate of drug-likeness (QED) is 0.437. The van der Waals surface area contributed by atoms with Crippen LogP contribution in [0.4, 0.5) is 0 Å². The largest absolute Gasteiger partial charge is 0.490 e. The van der Waals surface area contributed by atoms with Crippen molar-refractivity contribution in [3.63, 3.8) is 0 Å².